The van der Waals surface area contributed by atoms with E-state index in [-0.39, 0.29) is 34.2 Å². The number of ether oxygens (including phenoxy) is 1. The summed E-state index contributed by atoms with van der Waals surface area (Å²) in [6, 6.07) is 13.4. The molecule has 218 valence electrons. The van der Waals surface area contributed by atoms with Crippen LogP contribution in [0.4, 0.5) is 10.2 Å². The second-order valence-corrected chi connectivity index (χ2v) is 12.6. The van der Waals surface area contributed by atoms with E-state index in [1.165, 1.54) is 0 Å². The van der Waals surface area contributed by atoms with Gasteiger partial charge in [-0.15, -0.1) is 0 Å². The fraction of sp³-hybridized carbons (Fsp3) is 0.424. The minimum absolute atomic E-state index is 0.0114. The number of nitrogens with one attached hydrogen (secondary N) is 1. The van der Waals surface area contributed by atoms with Crippen molar-refractivity contribution in [3.05, 3.63) is 54.0 Å². The molecule has 6 heterocycles. The topological polar surface area (TPSA) is 107 Å². The average Bonchev–Trinajstić information content (AvgIpc) is 3.60. The summed E-state index contributed by atoms with van der Waals surface area (Å²) < 4.78 is 23.1. The Hall–Kier alpha value is -4.36. The van der Waals surface area contributed by atoms with Crippen LogP contribution in [-0.4, -0.2) is 69.6 Å². The number of hydrogen-bond acceptors (Lipinski definition) is 8. The number of anilines is 1. The lowest BCUT2D eigenvalue weighted by molar-refractivity contribution is -0.133. The van der Waals surface area contributed by atoms with Gasteiger partial charge >= 0.3 is 6.01 Å². The molecule has 4 aliphatic rings. The molecule has 9 nitrogen and oxygen atoms in total. The van der Waals surface area contributed by atoms with Crippen molar-refractivity contribution in [1.82, 2.24) is 25.2 Å². The highest BCUT2D eigenvalue weighted by molar-refractivity contribution is 6.01. The quantitative estimate of drug-likeness (QED) is 0.340. The number of fused-ring (bicyclic) bond motifs is 3. The Kier molecular flexibility index (Phi) is 6.02. The van der Waals surface area contributed by atoms with Gasteiger partial charge in [-0.1, -0.05) is 30.3 Å². The fourth-order valence-corrected chi connectivity index (χ4v) is 7.95. The standard InChI is InChI=1S/C33H32FN7O2/c34-27-28(23-9-2-7-21-6-1-8-22(17-35)26(21)23)36-18-24-29(27)37-31(43-20-33-11-4-14-41(33)15-5-12-33)38-30(24)40-13-3-10-32(19-40)16-25(42)39-32/h1-2,6-9,18H,3-5,10-16,19-20H2,(H,39,42). The number of benzene rings is 2. The molecule has 4 aromatic rings. The van der Waals surface area contributed by atoms with Gasteiger partial charge in [-0.3, -0.25) is 14.7 Å². The molecule has 1 N–H and O–H groups in total. The van der Waals surface area contributed by atoms with E-state index >= 15 is 4.39 Å². The maximum Gasteiger partial charge on any atom is 0.319 e. The Labute approximate surface area is 248 Å². The Balaban J connectivity index is 1.25. The molecule has 0 radical (unpaired) electrons. The lowest BCUT2D eigenvalue weighted by Crippen LogP contribution is -2.68. The number of pyridine rings is 1. The predicted octanol–water partition coefficient (Wildman–Crippen LogP) is 4.72. The van der Waals surface area contributed by atoms with E-state index in [1.54, 1.807) is 18.3 Å². The third-order valence-electron chi connectivity index (χ3n) is 9.98. The van der Waals surface area contributed by atoms with Gasteiger partial charge in [0.25, 0.3) is 0 Å². The van der Waals surface area contributed by atoms with Crippen molar-refractivity contribution < 1.29 is 13.9 Å². The summed E-state index contributed by atoms with van der Waals surface area (Å²) in [4.78, 5) is 30.7. The van der Waals surface area contributed by atoms with Gasteiger partial charge in [-0.2, -0.15) is 15.2 Å². The first-order valence-corrected chi connectivity index (χ1v) is 15.2. The first-order chi connectivity index (χ1) is 21.0. The molecule has 8 rings (SSSR count). The summed E-state index contributed by atoms with van der Waals surface area (Å²) in [5, 5.41) is 14.9. The maximum atomic E-state index is 16.7. The molecule has 4 aliphatic heterocycles. The summed E-state index contributed by atoms with van der Waals surface area (Å²) in [5.74, 6) is 0.0528. The second-order valence-electron chi connectivity index (χ2n) is 12.6. The van der Waals surface area contributed by atoms with Crippen LogP contribution in [0.25, 0.3) is 32.9 Å². The van der Waals surface area contributed by atoms with Gasteiger partial charge in [-0.25, -0.2) is 4.39 Å². The number of amides is 1. The Morgan fingerprint density at radius 1 is 1.05 bits per heavy atom. The third-order valence-corrected chi connectivity index (χ3v) is 9.98. The van der Waals surface area contributed by atoms with Crippen LogP contribution in [0.5, 0.6) is 6.01 Å². The predicted molar refractivity (Wildman–Crippen MR) is 160 cm³/mol. The molecule has 0 aliphatic carbocycles. The van der Waals surface area contributed by atoms with Gasteiger partial charge in [0.05, 0.1) is 34.5 Å². The molecule has 1 atom stereocenters. The maximum absolute atomic E-state index is 16.7. The van der Waals surface area contributed by atoms with E-state index in [4.69, 9.17) is 9.72 Å². The average molecular weight is 578 g/mol. The van der Waals surface area contributed by atoms with Gasteiger partial charge in [0.2, 0.25) is 5.91 Å². The molecule has 43 heavy (non-hydrogen) atoms. The van der Waals surface area contributed by atoms with Crippen molar-refractivity contribution >= 4 is 33.4 Å². The molecule has 2 aromatic carbocycles. The highest BCUT2D eigenvalue weighted by atomic mass is 19.1. The zero-order chi connectivity index (χ0) is 29.2. The number of hydrogen-bond donors (Lipinski definition) is 1. The van der Waals surface area contributed by atoms with E-state index < -0.39 is 5.82 Å². The van der Waals surface area contributed by atoms with Crippen molar-refractivity contribution in [2.75, 3.05) is 37.7 Å². The number of halogens is 1. The number of β-lactam (4-membered cyclic amide) rings is 1. The Morgan fingerprint density at radius 3 is 2.58 bits per heavy atom. The highest BCUT2D eigenvalue weighted by Gasteiger charge is 2.47. The zero-order valence-electron chi connectivity index (χ0n) is 23.9. The molecular formula is C33H32FN7O2. The van der Waals surface area contributed by atoms with Crippen molar-refractivity contribution in [3.8, 4) is 23.3 Å². The van der Waals surface area contributed by atoms with Crippen LogP contribution in [0, 0.1) is 17.1 Å². The lowest BCUT2D eigenvalue weighted by Gasteiger charge is -2.49. The fourth-order valence-electron chi connectivity index (χ4n) is 7.95. The summed E-state index contributed by atoms with van der Waals surface area (Å²) in [7, 11) is 0. The van der Waals surface area contributed by atoms with Crippen molar-refractivity contribution in [1.29, 1.82) is 5.26 Å². The molecule has 0 saturated carbocycles. The first kappa shape index (κ1) is 26.3. The molecule has 4 fully saturated rings. The van der Waals surface area contributed by atoms with Gasteiger partial charge in [-0.05, 0) is 63.1 Å². The summed E-state index contributed by atoms with van der Waals surface area (Å²) >= 11 is 0. The number of carbonyl (C=O) groups is 1. The van der Waals surface area contributed by atoms with Crippen LogP contribution in [0.15, 0.2) is 42.6 Å². The van der Waals surface area contributed by atoms with Gasteiger partial charge in [0.1, 0.15) is 23.6 Å². The number of piperidine rings is 1. The van der Waals surface area contributed by atoms with E-state index in [0.717, 1.165) is 63.5 Å². The van der Waals surface area contributed by atoms with Crippen LogP contribution in [0.2, 0.25) is 0 Å². The monoisotopic (exact) mass is 577 g/mol. The minimum Gasteiger partial charge on any atom is -0.461 e. The van der Waals surface area contributed by atoms with E-state index in [9.17, 15) is 10.1 Å². The molecular weight excluding hydrogens is 545 g/mol. The first-order valence-electron chi connectivity index (χ1n) is 15.2. The van der Waals surface area contributed by atoms with E-state index in [0.29, 0.717) is 47.3 Å². The summed E-state index contributed by atoms with van der Waals surface area (Å²) in [6.07, 6.45) is 8.34. The highest BCUT2D eigenvalue weighted by Crippen LogP contribution is 2.41. The van der Waals surface area contributed by atoms with Crippen molar-refractivity contribution in [2.45, 2.75) is 56.0 Å². The van der Waals surface area contributed by atoms with Gasteiger partial charge in [0, 0.05) is 30.2 Å². The number of nitriles is 1. The summed E-state index contributed by atoms with van der Waals surface area (Å²) in [6.45, 7) is 3.92. The van der Waals surface area contributed by atoms with Crippen LogP contribution >= 0.6 is 0 Å². The number of rotatable bonds is 5. The Bertz CT molecular complexity index is 1810. The summed E-state index contributed by atoms with van der Waals surface area (Å²) in [5.41, 5.74) is 0.971. The molecule has 4 saturated heterocycles. The van der Waals surface area contributed by atoms with Gasteiger partial charge in [0.15, 0.2) is 5.82 Å². The smallest absolute Gasteiger partial charge is 0.319 e. The number of nitrogens with zero attached hydrogens (tertiary/aromatic N) is 6. The Morgan fingerprint density at radius 2 is 1.81 bits per heavy atom. The van der Waals surface area contributed by atoms with Gasteiger partial charge < -0.3 is 15.0 Å². The number of aromatic nitrogens is 3. The van der Waals surface area contributed by atoms with Crippen molar-refractivity contribution in [2.24, 2.45) is 0 Å². The van der Waals surface area contributed by atoms with Crippen LogP contribution in [-0.2, 0) is 4.79 Å². The lowest BCUT2D eigenvalue weighted by atomic mass is 9.80. The number of carbonyl (C=O) groups excluding carboxylic acids is 1. The zero-order valence-corrected chi connectivity index (χ0v) is 23.9. The normalized spacial score (nSPS) is 22.9. The van der Waals surface area contributed by atoms with Crippen molar-refractivity contribution in [3.63, 3.8) is 0 Å². The molecule has 2 aromatic heterocycles. The largest absolute Gasteiger partial charge is 0.461 e. The van der Waals surface area contributed by atoms with E-state index in [2.05, 4.69) is 31.2 Å². The molecule has 1 spiro atoms. The van der Waals surface area contributed by atoms with Crippen LogP contribution < -0.4 is 15.0 Å². The van der Waals surface area contributed by atoms with E-state index in [1.807, 2.05) is 24.3 Å². The SMILES string of the molecule is N#Cc1cccc2cccc(-c3ncc4c(N5CCCC6(CC(=O)N6)C5)nc(OCC56CCCN5CCC6)nc4c3F)c12. The van der Waals surface area contributed by atoms with Crippen LogP contribution in [0.3, 0.4) is 0 Å². The third kappa shape index (κ3) is 4.20. The molecule has 1 amide bonds. The minimum atomic E-state index is -0.573. The molecule has 10 heteroatoms. The van der Waals surface area contributed by atoms with Crippen LogP contribution in [0.1, 0.15) is 50.5 Å². The second kappa shape index (κ2) is 9.85. The molecule has 1 unspecified atom stereocenters. The molecule has 0 bridgehead atoms.